The maximum Gasteiger partial charge on any atom is 0.238 e. The van der Waals surface area contributed by atoms with Crippen molar-refractivity contribution < 1.29 is 4.79 Å². The molecule has 132 valence electrons. The van der Waals surface area contributed by atoms with Gasteiger partial charge in [0.15, 0.2) is 0 Å². The van der Waals surface area contributed by atoms with Crippen molar-refractivity contribution in [2.45, 2.75) is 76.3 Å². The highest BCUT2D eigenvalue weighted by Gasteiger charge is 2.30. The highest BCUT2D eigenvalue weighted by atomic mass is 35.5. The average Bonchev–Trinajstić information content (AvgIpc) is 2.63. The second-order valence-corrected chi connectivity index (χ2v) is 7.69. The summed E-state index contributed by atoms with van der Waals surface area (Å²) in [6.45, 7) is 0.501. The molecular weight excluding hydrogens is 320 g/mol. The molecule has 0 aromatic heterocycles. The fourth-order valence-electron chi connectivity index (χ4n) is 4.30. The van der Waals surface area contributed by atoms with Gasteiger partial charge in [0.25, 0.3) is 0 Å². The van der Waals surface area contributed by atoms with Crippen LogP contribution in [0.5, 0.6) is 0 Å². The third-order valence-electron chi connectivity index (χ3n) is 5.56. The van der Waals surface area contributed by atoms with E-state index in [1.54, 1.807) is 0 Å². The monoisotopic (exact) mass is 348 g/mol. The molecule has 2 aliphatic carbocycles. The Hall–Kier alpha value is -1.06. The van der Waals surface area contributed by atoms with E-state index in [2.05, 4.69) is 10.2 Å². The molecule has 0 atom stereocenters. The number of hydrogen-bond acceptors (Lipinski definition) is 2. The van der Waals surface area contributed by atoms with Gasteiger partial charge in [-0.05, 0) is 37.8 Å². The van der Waals surface area contributed by atoms with E-state index < -0.39 is 0 Å². The Kier molecular flexibility index (Phi) is 6.56. The number of carbonyl (C=O) groups is 1. The van der Waals surface area contributed by atoms with Gasteiger partial charge in [-0.15, -0.1) is 0 Å². The van der Waals surface area contributed by atoms with Gasteiger partial charge >= 0.3 is 0 Å². The van der Waals surface area contributed by atoms with Crippen LogP contribution in [0.2, 0.25) is 5.02 Å². The first kappa shape index (κ1) is 17.8. The van der Waals surface area contributed by atoms with Crippen LogP contribution in [0.15, 0.2) is 24.3 Å². The molecule has 1 aromatic rings. The largest absolute Gasteiger partial charge is 0.324 e. The SMILES string of the molecule is O=C(CN(C1CCCCC1)C1CCCCC1)Nc1ccccc1Cl. The van der Waals surface area contributed by atoms with Crippen molar-refractivity contribution in [3.63, 3.8) is 0 Å². The Morgan fingerprint density at radius 3 is 2.04 bits per heavy atom. The fourth-order valence-corrected chi connectivity index (χ4v) is 4.48. The van der Waals surface area contributed by atoms with Crippen molar-refractivity contribution in [2.75, 3.05) is 11.9 Å². The van der Waals surface area contributed by atoms with Gasteiger partial charge in [-0.2, -0.15) is 0 Å². The van der Waals surface area contributed by atoms with Crippen LogP contribution in [0.4, 0.5) is 5.69 Å². The molecule has 0 spiro atoms. The lowest BCUT2D eigenvalue weighted by Crippen LogP contribution is -2.48. The maximum atomic E-state index is 12.6. The lowest BCUT2D eigenvalue weighted by Gasteiger charge is -2.41. The number of benzene rings is 1. The third kappa shape index (κ3) is 4.73. The minimum atomic E-state index is 0.0687. The average molecular weight is 349 g/mol. The van der Waals surface area contributed by atoms with Gasteiger partial charge in [0.05, 0.1) is 17.3 Å². The van der Waals surface area contributed by atoms with Gasteiger partial charge in [0.2, 0.25) is 5.91 Å². The molecule has 0 radical (unpaired) electrons. The molecule has 1 amide bonds. The third-order valence-corrected chi connectivity index (χ3v) is 5.89. The molecule has 2 fully saturated rings. The number of hydrogen-bond donors (Lipinski definition) is 1. The first-order valence-corrected chi connectivity index (χ1v) is 9.92. The van der Waals surface area contributed by atoms with Crippen LogP contribution < -0.4 is 5.32 Å². The highest BCUT2D eigenvalue weighted by molar-refractivity contribution is 6.33. The van der Waals surface area contributed by atoms with Crippen molar-refractivity contribution in [1.82, 2.24) is 4.90 Å². The molecular formula is C20H29ClN2O. The van der Waals surface area contributed by atoms with Crippen LogP contribution in [0.25, 0.3) is 0 Å². The summed E-state index contributed by atoms with van der Waals surface area (Å²) in [5.74, 6) is 0.0687. The van der Waals surface area contributed by atoms with E-state index in [0.29, 0.717) is 23.7 Å². The van der Waals surface area contributed by atoms with E-state index in [1.165, 1.54) is 64.2 Å². The molecule has 1 N–H and O–H groups in total. The molecule has 1 aromatic carbocycles. The lowest BCUT2D eigenvalue weighted by atomic mass is 9.88. The van der Waals surface area contributed by atoms with Crippen molar-refractivity contribution >= 4 is 23.2 Å². The van der Waals surface area contributed by atoms with E-state index in [0.717, 1.165) is 5.69 Å². The Morgan fingerprint density at radius 2 is 1.50 bits per heavy atom. The van der Waals surface area contributed by atoms with Crippen molar-refractivity contribution in [1.29, 1.82) is 0 Å². The molecule has 2 aliphatic rings. The topological polar surface area (TPSA) is 32.3 Å². The smallest absolute Gasteiger partial charge is 0.238 e. The fraction of sp³-hybridized carbons (Fsp3) is 0.650. The summed E-state index contributed by atoms with van der Waals surface area (Å²) in [7, 11) is 0. The second-order valence-electron chi connectivity index (χ2n) is 7.28. The zero-order chi connectivity index (χ0) is 16.8. The lowest BCUT2D eigenvalue weighted by molar-refractivity contribution is -0.119. The minimum absolute atomic E-state index is 0.0687. The van der Waals surface area contributed by atoms with Crippen LogP contribution in [-0.2, 0) is 4.79 Å². The Bertz CT molecular complexity index is 518. The molecule has 2 saturated carbocycles. The van der Waals surface area contributed by atoms with Gasteiger partial charge in [0.1, 0.15) is 0 Å². The Morgan fingerprint density at radius 1 is 0.958 bits per heavy atom. The van der Waals surface area contributed by atoms with Crippen LogP contribution in [0.3, 0.4) is 0 Å². The summed E-state index contributed by atoms with van der Waals surface area (Å²) in [6, 6.07) is 8.64. The summed E-state index contributed by atoms with van der Waals surface area (Å²) in [6.07, 6.45) is 12.9. The van der Waals surface area contributed by atoms with E-state index in [1.807, 2.05) is 24.3 Å². The number of carbonyl (C=O) groups excluding carboxylic acids is 1. The second kappa shape index (κ2) is 8.87. The zero-order valence-electron chi connectivity index (χ0n) is 14.5. The number of rotatable bonds is 5. The first-order valence-electron chi connectivity index (χ1n) is 9.54. The predicted molar refractivity (Wildman–Crippen MR) is 101 cm³/mol. The number of para-hydroxylation sites is 1. The van der Waals surface area contributed by atoms with Gasteiger partial charge in [-0.1, -0.05) is 62.3 Å². The van der Waals surface area contributed by atoms with E-state index in [-0.39, 0.29) is 5.91 Å². The summed E-state index contributed by atoms with van der Waals surface area (Å²) in [5, 5.41) is 3.61. The minimum Gasteiger partial charge on any atom is -0.324 e. The predicted octanol–water partition coefficient (Wildman–Crippen LogP) is 5.25. The number of amides is 1. The summed E-state index contributed by atoms with van der Waals surface area (Å²) in [4.78, 5) is 15.2. The van der Waals surface area contributed by atoms with Crippen molar-refractivity contribution in [3.8, 4) is 0 Å². The quantitative estimate of drug-likeness (QED) is 0.788. The molecule has 24 heavy (non-hydrogen) atoms. The number of nitrogens with zero attached hydrogens (tertiary/aromatic N) is 1. The van der Waals surface area contributed by atoms with Crippen LogP contribution in [0.1, 0.15) is 64.2 Å². The summed E-state index contributed by atoms with van der Waals surface area (Å²) >= 11 is 6.17. The maximum absolute atomic E-state index is 12.6. The summed E-state index contributed by atoms with van der Waals surface area (Å²) < 4.78 is 0. The van der Waals surface area contributed by atoms with Gasteiger partial charge in [-0.3, -0.25) is 9.69 Å². The van der Waals surface area contributed by atoms with Crippen LogP contribution in [-0.4, -0.2) is 29.4 Å². The van der Waals surface area contributed by atoms with Crippen LogP contribution >= 0.6 is 11.6 Å². The molecule has 3 nitrogen and oxygen atoms in total. The molecule has 3 rings (SSSR count). The number of halogens is 1. The molecule has 0 unspecified atom stereocenters. The number of nitrogens with one attached hydrogen (secondary N) is 1. The molecule has 0 aliphatic heterocycles. The molecule has 0 saturated heterocycles. The van der Waals surface area contributed by atoms with E-state index >= 15 is 0 Å². The first-order chi connectivity index (χ1) is 11.7. The summed E-state index contributed by atoms with van der Waals surface area (Å²) in [5.41, 5.74) is 0.719. The van der Waals surface area contributed by atoms with Gasteiger partial charge in [0, 0.05) is 12.1 Å². The Labute approximate surface area is 150 Å². The highest BCUT2D eigenvalue weighted by Crippen LogP contribution is 2.30. The van der Waals surface area contributed by atoms with Crippen molar-refractivity contribution in [2.24, 2.45) is 0 Å². The van der Waals surface area contributed by atoms with Gasteiger partial charge < -0.3 is 5.32 Å². The molecule has 4 heteroatoms. The zero-order valence-corrected chi connectivity index (χ0v) is 15.2. The van der Waals surface area contributed by atoms with Crippen LogP contribution in [0, 0.1) is 0 Å². The Balaban J connectivity index is 1.65. The standard InChI is InChI=1S/C20H29ClN2O/c21-18-13-7-8-14-19(18)22-20(24)15-23(16-9-3-1-4-10-16)17-11-5-2-6-12-17/h7-8,13-14,16-17H,1-6,9-12,15H2,(H,22,24). The number of anilines is 1. The molecule has 0 bridgehead atoms. The van der Waals surface area contributed by atoms with Gasteiger partial charge in [-0.25, -0.2) is 0 Å². The van der Waals surface area contributed by atoms with E-state index in [9.17, 15) is 4.79 Å². The molecule has 0 heterocycles. The normalized spacial score (nSPS) is 20.2. The van der Waals surface area contributed by atoms with Crippen molar-refractivity contribution in [3.05, 3.63) is 29.3 Å². The van der Waals surface area contributed by atoms with E-state index in [4.69, 9.17) is 11.6 Å².